The molecule has 0 saturated carbocycles. The molecule has 2 aromatic carbocycles. The third-order valence-corrected chi connectivity index (χ3v) is 4.55. The van der Waals surface area contributed by atoms with Gasteiger partial charge in [-0.3, -0.25) is 14.6 Å². The van der Waals surface area contributed by atoms with Gasteiger partial charge in [-0.2, -0.15) is 5.26 Å². The summed E-state index contributed by atoms with van der Waals surface area (Å²) in [6.45, 7) is 0. The van der Waals surface area contributed by atoms with Crippen LogP contribution in [0.1, 0.15) is 16.1 Å². The van der Waals surface area contributed by atoms with Crippen molar-refractivity contribution in [3.05, 3.63) is 93.6 Å². The van der Waals surface area contributed by atoms with Gasteiger partial charge in [0.15, 0.2) is 5.76 Å². The fourth-order valence-electron chi connectivity index (χ4n) is 2.83. The van der Waals surface area contributed by atoms with E-state index in [0.29, 0.717) is 22.0 Å². The second-order valence-corrected chi connectivity index (χ2v) is 6.83. The van der Waals surface area contributed by atoms with E-state index < -0.39 is 5.56 Å². The topological polar surface area (TPSA) is 124 Å². The SMILES string of the molecule is N#Cc1c(-c2ccc(NC(=O)c3ccco3)cc2)nc(Nc2ccc(Cl)cc2)[nH]c1=O. The monoisotopic (exact) mass is 431 g/mol. The van der Waals surface area contributed by atoms with Gasteiger partial charge in [0.25, 0.3) is 11.5 Å². The summed E-state index contributed by atoms with van der Waals surface area (Å²) in [5.41, 5.74) is 1.25. The number of amides is 1. The van der Waals surface area contributed by atoms with E-state index in [-0.39, 0.29) is 28.9 Å². The van der Waals surface area contributed by atoms with Crippen LogP contribution in [0.3, 0.4) is 0 Å². The fraction of sp³-hybridized carbons (Fsp3) is 0. The Morgan fingerprint density at radius 1 is 1.06 bits per heavy atom. The minimum absolute atomic E-state index is 0.117. The summed E-state index contributed by atoms with van der Waals surface area (Å²) in [6.07, 6.45) is 1.41. The molecule has 4 rings (SSSR count). The first-order valence-electron chi connectivity index (χ1n) is 9.06. The number of benzene rings is 2. The summed E-state index contributed by atoms with van der Waals surface area (Å²) < 4.78 is 5.06. The second kappa shape index (κ2) is 8.57. The number of nitrogens with zero attached hydrogens (tertiary/aromatic N) is 2. The highest BCUT2D eigenvalue weighted by molar-refractivity contribution is 6.30. The lowest BCUT2D eigenvalue weighted by atomic mass is 10.1. The van der Waals surface area contributed by atoms with Crippen molar-refractivity contribution in [2.45, 2.75) is 0 Å². The highest BCUT2D eigenvalue weighted by atomic mass is 35.5. The number of furan rings is 1. The number of hydrogen-bond acceptors (Lipinski definition) is 6. The van der Waals surface area contributed by atoms with Gasteiger partial charge in [0.05, 0.1) is 12.0 Å². The van der Waals surface area contributed by atoms with E-state index in [0.717, 1.165) is 0 Å². The molecule has 0 aliphatic carbocycles. The van der Waals surface area contributed by atoms with E-state index in [1.807, 2.05) is 6.07 Å². The van der Waals surface area contributed by atoms with Crippen molar-refractivity contribution >= 4 is 34.8 Å². The Morgan fingerprint density at radius 3 is 2.42 bits per heavy atom. The number of aromatic nitrogens is 2. The average Bonchev–Trinajstić information content (AvgIpc) is 3.31. The van der Waals surface area contributed by atoms with Crippen LogP contribution in [0, 0.1) is 11.3 Å². The zero-order valence-electron chi connectivity index (χ0n) is 15.8. The number of nitriles is 1. The lowest BCUT2D eigenvalue weighted by Crippen LogP contribution is -2.16. The number of H-pyrrole nitrogens is 1. The van der Waals surface area contributed by atoms with E-state index in [1.165, 1.54) is 6.26 Å². The van der Waals surface area contributed by atoms with E-state index >= 15 is 0 Å². The smallest absolute Gasteiger partial charge is 0.291 e. The van der Waals surface area contributed by atoms with Crippen molar-refractivity contribution in [2.75, 3.05) is 10.6 Å². The molecular formula is C22H14ClN5O3. The van der Waals surface area contributed by atoms with Crippen molar-refractivity contribution < 1.29 is 9.21 Å². The number of rotatable bonds is 5. The number of nitrogens with one attached hydrogen (secondary N) is 3. The number of aromatic amines is 1. The van der Waals surface area contributed by atoms with Crippen molar-refractivity contribution in [1.29, 1.82) is 5.26 Å². The fourth-order valence-corrected chi connectivity index (χ4v) is 2.95. The van der Waals surface area contributed by atoms with Crippen LogP contribution >= 0.6 is 11.6 Å². The average molecular weight is 432 g/mol. The van der Waals surface area contributed by atoms with Crippen LogP contribution in [0.25, 0.3) is 11.3 Å². The molecule has 0 spiro atoms. The maximum absolute atomic E-state index is 12.4. The maximum atomic E-state index is 12.4. The van der Waals surface area contributed by atoms with Gasteiger partial charge in [0, 0.05) is 22.0 Å². The predicted molar refractivity (Wildman–Crippen MR) is 116 cm³/mol. The minimum atomic E-state index is -0.570. The van der Waals surface area contributed by atoms with Crippen LogP contribution in [0.2, 0.25) is 5.02 Å². The van der Waals surface area contributed by atoms with E-state index in [2.05, 4.69) is 20.6 Å². The van der Waals surface area contributed by atoms with Crippen LogP contribution < -0.4 is 16.2 Å². The maximum Gasteiger partial charge on any atom is 0.291 e. The molecule has 31 heavy (non-hydrogen) atoms. The molecular weight excluding hydrogens is 418 g/mol. The van der Waals surface area contributed by atoms with Crippen LogP contribution in [-0.2, 0) is 0 Å². The third kappa shape index (κ3) is 4.47. The highest BCUT2D eigenvalue weighted by Crippen LogP contribution is 2.24. The van der Waals surface area contributed by atoms with Gasteiger partial charge in [-0.25, -0.2) is 4.98 Å². The van der Waals surface area contributed by atoms with Gasteiger partial charge in [-0.05, 0) is 48.5 Å². The molecule has 8 nitrogen and oxygen atoms in total. The van der Waals surface area contributed by atoms with Gasteiger partial charge >= 0.3 is 0 Å². The summed E-state index contributed by atoms with van der Waals surface area (Å²) in [5, 5.41) is 15.7. The summed E-state index contributed by atoms with van der Waals surface area (Å²) in [7, 11) is 0. The van der Waals surface area contributed by atoms with E-state index in [4.69, 9.17) is 16.0 Å². The molecule has 9 heteroatoms. The molecule has 2 aromatic heterocycles. The molecule has 3 N–H and O–H groups in total. The summed E-state index contributed by atoms with van der Waals surface area (Å²) in [6, 6.07) is 18.5. The first-order chi connectivity index (χ1) is 15.0. The first-order valence-corrected chi connectivity index (χ1v) is 9.43. The Kier molecular flexibility index (Phi) is 5.51. The molecule has 0 saturated heterocycles. The number of carbonyl (C=O) groups excluding carboxylic acids is 1. The molecule has 0 aliphatic heterocycles. The number of hydrogen-bond donors (Lipinski definition) is 3. The number of anilines is 3. The zero-order chi connectivity index (χ0) is 21.8. The zero-order valence-corrected chi connectivity index (χ0v) is 16.6. The number of halogens is 1. The molecule has 152 valence electrons. The third-order valence-electron chi connectivity index (χ3n) is 4.30. The molecule has 0 fully saturated rings. The van der Waals surface area contributed by atoms with Crippen molar-refractivity contribution in [1.82, 2.24) is 9.97 Å². The minimum Gasteiger partial charge on any atom is -0.459 e. The van der Waals surface area contributed by atoms with E-state index in [1.54, 1.807) is 60.7 Å². The van der Waals surface area contributed by atoms with E-state index in [9.17, 15) is 14.9 Å². The Morgan fingerprint density at radius 2 is 1.77 bits per heavy atom. The molecule has 1 amide bonds. The molecule has 0 bridgehead atoms. The molecule has 0 aliphatic rings. The van der Waals surface area contributed by atoms with Gasteiger partial charge in [-0.1, -0.05) is 23.7 Å². The normalized spacial score (nSPS) is 10.3. The lowest BCUT2D eigenvalue weighted by molar-refractivity contribution is 0.0996. The highest BCUT2D eigenvalue weighted by Gasteiger charge is 2.14. The van der Waals surface area contributed by atoms with Gasteiger partial charge in [0.2, 0.25) is 5.95 Å². The van der Waals surface area contributed by atoms with Crippen molar-refractivity contribution in [3.8, 4) is 17.3 Å². The Balaban J connectivity index is 1.62. The lowest BCUT2D eigenvalue weighted by Gasteiger charge is -2.10. The van der Waals surface area contributed by atoms with Crippen molar-refractivity contribution in [3.63, 3.8) is 0 Å². The molecule has 2 heterocycles. The molecule has 0 unspecified atom stereocenters. The van der Waals surface area contributed by atoms with Crippen LogP contribution in [0.15, 0.2) is 76.1 Å². The summed E-state index contributed by atoms with van der Waals surface area (Å²) in [4.78, 5) is 31.5. The molecule has 4 aromatic rings. The van der Waals surface area contributed by atoms with Crippen LogP contribution in [0.4, 0.5) is 17.3 Å². The Bertz CT molecular complexity index is 1320. The summed E-state index contributed by atoms with van der Waals surface area (Å²) in [5.74, 6) is -0.0271. The first kappa shape index (κ1) is 19.9. The number of carbonyl (C=O) groups is 1. The predicted octanol–water partition coefficient (Wildman–Crippen LogP) is 4.55. The molecule has 0 radical (unpaired) electrons. The Hall–Kier alpha value is -4.35. The summed E-state index contributed by atoms with van der Waals surface area (Å²) >= 11 is 5.89. The largest absolute Gasteiger partial charge is 0.459 e. The van der Waals surface area contributed by atoms with Gasteiger partial charge in [-0.15, -0.1) is 0 Å². The van der Waals surface area contributed by atoms with Crippen molar-refractivity contribution in [2.24, 2.45) is 0 Å². The van der Waals surface area contributed by atoms with Crippen LogP contribution in [0.5, 0.6) is 0 Å². The van der Waals surface area contributed by atoms with Gasteiger partial charge in [0.1, 0.15) is 11.6 Å². The molecule has 0 atom stereocenters. The van der Waals surface area contributed by atoms with Crippen LogP contribution in [-0.4, -0.2) is 15.9 Å². The quantitative estimate of drug-likeness (QED) is 0.425. The Labute approximate surface area is 181 Å². The standard InChI is InChI=1S/C22H14ClN5O3/c23-14-5-9-16(10-6-14)26-22-27-19(17(12-24)20(29)28-22)13-3-7-15(8-4-13)25-21(30)18-2-1-11-31-18/h1-11H,(H,25,30)(H2,26,27,28,29). The van der Waals surface area contributed by atoms with Gasteiger partial charge < -0.3 is 15.1 Å². The second-order valence-electron chi connectivity index (χ2n) is 6.39.